The Bertz CT molecular complexity index is 873. The van der Waals surface area contributed by atoms with Crippen molar-refractivity contribution in [2.45, 2.75) is 78.7 Å². The van der Waals surface area contributed by atoms with Crippen molar-refractivity contribution in [1.29, 1.82) is 0 Å². The summed E-state index contributed by atoms with van der Waals surface area (Å²) in [5.41, 5.74) is 1.76. The molecule has 0 fully saturated rings. The highest BCUT2D eigenvalue weighted by molar-refractivity contribution is 5.90. The van der Waals surface area contributed by atoms with Crippen LogP contribution < -0.4 is 20.3 Å². The number of hydrogen-bond donors (Lipinski definition) is 1. The first-order chi connectivity index (χ1) is 15.2. The molecule has 0 aliphatic heterocycles. The van der Waals surface area contributed by atoms with Crippen LogP contribution in [0, 0.1) is 0 Å². The summed E-state index contributed by atoms with van der Waals surface area (Å²) in [7, 11) is 0. The maximum Gasteiger partial charge on any atom is 0.297 e. The van der Waals surface area contributed by atoms with E-state index in [0.717, 1.165) is 55.1 Å². The standard InChI is InChI=1S/C26H40N2O3/c1-5-9-12-13-19-30-24-22-15-14-21(27-16-8-4)20-23(22)28(17-10-6-2)26(29)25(24)31-18-11-7-3/h8,14-15,20,27H,4-7,9-13,16-19H2,1-3H3. The van der Waals surface area contributed by atoms with Crippen LogP contribution in [0.1, 0.15) is 72.1 Å². The minimum atomic E-state index is -0.0959. The molecule has 0 unspecified atom stereocenters. The highest BCUT2D eigenvalue weighted by Crippen LogP contribution is 2.35. The Balaban J connectivity index is 2.53. The first-order valence-electron chi connectivity index (χ1n) is 12.0. The first-order valence-corrected chi connectivity index (χ1v) is 12.0. The molecule has 1 heterocycles. The van der Waals surface area contributed by atoms with Crippen LogP contribution in [0.4, 0.5) is 5.69 Å². The zero-order valence-electron chi connectivity index (χ0n) is 19.7. The van der Waals surface area contributed by atoms with Crippen LogP contribution in [0.15, 0.2) is 35.6 Å². The highest BCUT2D eigenvalue weighted by atomic mass is 16.5. The van der Waals surface area contributed by atoms with Crippen molar-refractivity contribution in [1.82, 2.24) is 4.57 Å². The van der Waals surface area contributed by atoms with Crippen molar-refractivity contribution in [2.75, 3.05) is 25.1 Å². The minimum absolute atomic E-state index is 0.0959. The molecule has 2 rings (SSSR count). The molecule has 0 saturated heterocycles. The summed E-state index contributed by atoms with van der Waals surface area (Å²) in [5, 5.41) is 4.26. The number of hydrogen-bond acceptors (Lipinski definition) is 4. The van der Waals surface area contributed by atoms with Gasteiger partial charge in [0.25, 0.3) is 5.56 Å². The molecule has 2 aromatic rings. The molecule has 0 radical (unpaired) electrons. The predicted octanol–water partition coefficient (Wildman–Crippen LogP) is 6.54. The van der Waals surface area contributed by atoms with Crippen LogP contribution in [0.2, 0.25) is 0 Å². The Morgan fingerprint density at radius 2 is 1.65 bits per heavy atom. The van der Waals surface area contributed by atoms with Gasteiger partial charge in [-0.3, -0.25) is 4.79 Å². The van der Waals surface area contributed by atoms with Crippen LogP contribution >= 0.6 is 0 Å². The number of fused-ring (bicyclic) bond motifs is 1. The molecule has 1 aromatic heterocycles. The molecular formula is C26H40N2O3. The topological polar surface area (TPSA) is 52.5 Å². The van der Waals surface area contributed by atoms with Crippen molar-refractivity contribution in [3.05, 3.63) is 41.2 Å². The monoisotopic (exact) mass is 428 g/mol. The van der Waals surface area contributed by atoms with Crippen molar-refractivity contribution < 1.29 is 9.47 Å². The average Bonchev–Trinajstić information content (AvgIpc) is 2.78. The number of benzene rings is 1. The molecule has 0 saturated carbocycles. The van der Waals surface area contributed by atoms with Gasteiger partial charge in [-0.15, -0.1) is 6.58 Å². The van der Waals surface area contributed by atoms with Gasteiger partial charge in [-0.1, -0.05) is 59.0 Å². The van der Waals surface area contributed by atoms with Crippen LogP contribution in [0.5, 0.6) is 11.5 Å². The normalized spacial score (nSPS) is 10.9. The molecule has 0 aliphatic carbocycles. The van der Waals surface area contributed by atoms with E-state index in [1.807, 2.05) is 28.8 Å². The van der Waals surface area contributed by atoms with Gasteiger partial charge < -0.3 is 19.4 Å². The van der Waals surface area contributed by atoms with Crippen molar-refractivity contribution >= 4 is 16.6 Å². The summed E-state index contributed by atoms with van der Waals surface area (Å²) >= 11 is 0. The lowest BCUT2D eigenvalue weighted by Gasteiger charge is -2.19. The van der Waals surface area contributed by atoms with Crippen LogP contribution in [-0.4, -0.2) is 24.3 Å². The second-order valence-corrected chi connectivity index (χ2v) is 7.98. The summed E-state index contributed by atoms with van der Waals surface area (Å²) < 4.78 is 14.1. The van der Waals surface area contributed by atoms with Gasteiger partial charge in [-0.2, -0.15) is 0 Å². The van der Waals surface area contributed by atoms with E-state index in [1.165, 1.54) is 12.8 Å². The molecule has 1 aromatic carbocycles. The van der Waals surface area contributed by atoms with Gasteiger partial charge in [0.05, 0.1) is 18.7 Å². The minimum Gasteiger partial charge on any atom is -0.489 e. The molecule has 31 heavy (non-hydrogen) atoms. The molecule has 5 nitrogen and oxygen atoms in total. The summed E-state index contributed by atoms with van der Waals surface area (Å²) in [6, 6.07) is 6.10. The molecule has 0 amide bonds. The quantitative estimate of drug-likeness (QED) is 0.244. The Morgan fingerprint density at radius 1 is 0.935 bits per heavy atom. The fraction of sp³-hybridized carbons (Fsp3) is 0.577. The van der Waals surface area contributed by atoms with Crippen LogP contribution in [0.25, 0.3) is 10.9 Å². The lowest BCUT2D eigenvalue weighted by Crippen LogP contribution is -2.24. The molecule has 0 atom stereocenters. The average molecular weight is 429 g/mol. The van der Waals surface area contributed by atoms with Crippen LogP contribution in [-0.2, 0) is 6.54 Å². The van der Waals surface area contributed by atoms with E-state index in [4.69, 9.17) is 9.47 Å². The van der Waals surface area contributed by atoms with Gasteiger partial charge >= 0.3 is 0 Å². The summed E-state index contributed by atoms with van der Waals surface area (Å²) in [5.74, 6) is 0.954. The van der Waals surface area contributed by atoms with Crippen molar-refractivity contribution in [3.8, 4) is 11.5 Å². The number of anilines is 1. The lowest BCUT2D eigenvalue weighted by atomic mass is 10.1. The molecule has 172 valence electrons. The molecule has 0 spiro atoms. The molecule has 1 N–H and O–H groups in total. The van der Waals surface area contributed by atoms with Crippen molar-refractivity contribution in [3.63, 3.8) is 0 Å². The van der Waals surface area contributed by atoms with Gasteiger partial charge in [0, 0.05) is 24.2 Å². The van der Waals surface area contributed by atoms with E-state index in [9.17, 15) is 4.79 Å². The maximum atomic E-state index is 13.5. The lowest BCUT2D eigenvalue weighted by molar-refractivity contribution is 0.258. The third-order valence-corrected chi connectivity index (χ3v) is 5.35. The first kappa shape index (κ1) is 24.8. The van der Waals surface area contributed by atoms with E-state index in [2.05, 4.69) is 32.7 Å². The van der Waals surface area contributed by atoms with Gasteiger partial charge in [-0.25, -0.2) is 0 Å². The summed E-state index contributed by atoms with van der Waals surface area (Å²) in [4.78, 5) is 13.5. The van der Waals surface area contributed by atoms with Gasteiger partial charge in [0.2, 0.25) is 5.75 Å². The number of aryl methyl sites for hydroxylation is 1. The Labute approximate surface area is 187 Å². The Hall–Kier alpha value is -2.43. The van der Waals surface area contributed by atoms with E-state index in [-0.39, 0.29) is 5.56 Å². The second kappa shape index (κ2) is 13.8. The SMILES string of the molecule is C=CCNc1ccc2c(OCCCCCC)c(OCCCC)c(=O)n(CCCC)c2c1. The fourth-order valence-corrected chi connectivity index (χ4v) is 3.53. The summed E-state index contributed by atoms with van der Waals surface area (Å²) in [6.07, 6.45) is 10.2. The maximum absolute atomic E-state index is 13.5. The number of rotatable bonds is 16. The van der Waals surface area contributed by atoms with E-state index < -0.39 is 0 Å². The number of nitrogens with zero attached hydrogens (tertiary/aromatic N) is 1. The number of unbranched alkanes of at least 4 members (excludes halogenated alkanes) is 5. The Morgan fingerprint density at radius 3 is 2.35 bits per heavy atom. The molecule has 5 heteroatoms. The molecule has 0 bridgehead atoms. The van der Waals surface area contributed by atoms with Crippen molar-refractivity contribution in [2.24, 2.45) is 0 Å². The predicted molar refractivity (Wildman–Crippen MR) is 132 cm³/mol. The van der Waals surface area contributed by atoms with E-state index in [0.29, 0.717) is 37.8 Å². The third-order valence-electron chi connectivity index (χ3n) is 5.35. The molecule has 0 aliphatic rings. The van der Waals surface area contributed by atoms with E-state index in [1.54, 1.807) is 0 Å². The zero-order chi connectivity index (χ0) is 22.5. The molecular weight excluding hydrogens is 388 g/mol. The van der Waals surface area contributed by atoms with Gasteiger partial charge in [-0.05, 0) is 37.5 Å². The number of ether oxygens (including phenoxy) is 2. The van der Waals surface area contributed by atoms with Crippen LogP contribution in [0.3, 0.4) is 0 Å². The fourth-order valence-electron chi connectivity index (χ4n) is 3.53. The zero-order valence-corrected chi connectivity index (χ0v) is 19.7. The smallest absolute Gasteiger partial charge is 0.297 e. The summed E-state index contributed by atoms with van der Waals surface area (Å²) in [6.45, 7) is 12.7. The van der Waals surface area contributed by atoms with Gasteiger partial charge in [0.1, 0.15) is 0 Å². The number of pyridine rings is 1. The highest BCUT2D eigenvalue weighted by Gasteiger charge is 2.20. The Kier molecular flexibility index (Phi) is 11.0. The third kappa shape index (κ3) is 7.05. The second-order valence-electron chi connectivity index (χ2n) is 7.98. The van der Waals surface area contributed by atoms with Gasteiger partial charge in [0.15, 0.2) is 5.75 Å². The number of aromatic nitrogens is 1. The largest absolute Gasteiger partial charge is 0.489 e. The van der Waals surface area contributed by atoms with E-state index >= 15 is 0 Å². The number of nitrogens with one attached hydrogen (secondary N) is 1.